The summed E-state index contributed by atoms with van der Waals surface area (Å²) in [7, 11) is 0. The number of unbranched alkanes of at least 4 members (excludes halogenated alkanes) is 17. The van der Waals surface area contributed by atoms with Gasteiger partial charge in [-0.3, -0.25) is 4.79 Å². The van der Waals surface area contributed by atoms with Crippen LogP contribution in [-0.2, 0) is 4.79 Å². The summed E-state index contributed by atoms with van der Waals surface area (Å²) in [4.78, 5) is 12.1. The lowest BCUT2D eigenvalue weighted by Crippen LogP contribution is -2.45. The summed E-state index contributed by atoms with van der Waals surface area (Å²) in [6.45, 7) is 4.23. The van der Waals surface area contributed by atoms with E-state index in [-0.39, 0.29) is 12.5 Å². The van der Waals surface area contributed by atoms with Crippen LogP contribution >= 0.6 is 0 Å². The molecule has 0 aromatic carbocycles. The van der Waals surface area contributed by atoms with Crippen LogP contribution in [0.2, 0.25) is 0 Å². The number of hydrogen-bond acceptors (Lipinski definition) is 3. The van der Waals surface area contributed by atoms with Crippen molar-refractivity contribution in [2.75, 3.05) is 6.61 Å². The largest absolute Gasteiger partial charge is 0.394 e. The molecule has 0 saturated heterocycles. The van der Waals surface area contributed by atoms with Crippen LogP contribution in [-0.4, -0.2) is 34.9 Å². The molecule has 32 heavy (non-hydrogen) atoms. The molecule has 3 N–H and O–H groups in total. The summed E-state index contributed by atoms with van der Waals surface area (Å²) in [5, 5.41) is 22.6. The second kappa shape index (κ2) is 24.8. The predicted octanol–water partition coefficient (Wildman–Crippen LogP) is 7.22. The molecule has 1 amide bonds. The molecular weight excluding hydrogens is 398 g/mol. The van der Waals surface area contributed by atoms with Crippen LogP contribution < -0.4 is 5.32 Å². The molecule has 2 unspecified atom stereocenters. The molecular formula is C28H55NO3. The zero-order chi connectivity index (χ0) is 23.7. The Morgan fingerprint density at radius 2 is 1.16 bits per heavy atom. The van der Waals surface area contributed by atoms with E-state index in [1.807, 2.05) is 6.08 Å². The maximum Gasteiger partial charge on any atom is 0.220 e. The summed E-state index contributed by atoms with van der Waals surface area (Å²) in [5.74, 6) is -0.0737. The smallest absolute Gasteiger partial charge is 0.220 e. The number of hydrogen-bond donors (Lipinski definition) is 3. The Morgan fingerprint density at radius 1 is 0.719 bits per heavy atom. The van der Waals surface area contributed by atoms with E-state index in [0.29, 0.717) is 6.42 Å². The third-order valence-electron chi connectivity index (χ3n) is 6.27. The maximum absolute atomic E-state index is 12.1. The van der Waals surface area contributed by atoms with Crippen LogP contribution in [0, 0.1) is 0 Å². The van der Waals surface area contributed by atoms with Crippen molar-refractivity contribution in [2.24, 2.45) is 0 Å². The van der Waals surface area contributed by atoms with E-state index >= 15 is 0 Å². The van der Waals surface area contributed by atoms with Crippen molar-refractivity contribution in [3.63, 3.8) is 0 Å². The highest BCUT2D eigenvalue weighted by Gasteiger charge is 2.17. The molecule has 0 aromatic rings. The predicted molar refractivity (Wildman–Crippen MR) is 138 cm³/mol. The number of aliphatic hydroxyl groups is 2. The highest BCUT2D eigenvalue weighted by Crippen LogP contribution is 2.12. The Kier molecular flexibility index (Phi) is 24.1. The summed E-state index contributed by atoms with van der Waals surface area (Å²) in [6.07, 6.45) is 27.1. The Hall–Kier alpha value is -0.870. The first-order valence-corrected chi connectivity index (χ1v) is 13.9. The van der Waals surface area contributed by atoms with Crippen LogP contribution in [0.3, 0.4) is 0 Å². The van der Waals surface area contributed by atoms with Gasteiger partial charge in [-0.1, -0.05) is 129 Å². The fourth-order valence-electron chi connectivity index (χ4n) is 4.06. The van der Waals surface area contributed by atoms with Gasteiger partial charge in [-0.15, -0.1) is 0 Å². The van der Waals surface area contributed by atoms with Gasteiger partial charge >= 0.3 is 0 Å². The first kappa shape index (κ1) is 31.1. The molecule has 0 saturated carbocycles. The molecule has 0 aliphatic heterocycles. The number of allylic oxidation sites excluding steroid dienone is 1. The average Bonchev–Trinajstić information content (AvgIpc) is 2.79. The van der Waals surface area contributed by atoms with Gasteiger partial charge in [0.05, 0.1) is 18.8 Å². The van der Waals surface area contributed by atoms with Gasteiger partial charge < -0.3 is 15.5 Å². The SMILES string of the molecule is CCCCCCCCCCCCC/C=C/C(O)C(CO)NC(=O)CCCCCCCCC. The van der Waals surface area contributed by atoms with Crippen molar-refractivity contribution in [3.8, 4) is 0 Å². The zero-order valence-electron chi connectivity index (χ0n) is 21.5. The van der Waals surface area contributed by atoms with Gasteiger partial charge in [-0.05, 0) is 19.3 Å². The second-order valence-corrected chi connectivity index (χ2v) is 9.47. The number of aliphatic hydroxyl groups excluding tert-OH is 2. The number of amides is 1. The molecule has 0 heterocycles. The molecule has 2 atom stereocenters. The van der Waals surface area contributed by atoms with Crippen molar-refractivity contribution in [3.05, 3.63) is 12.2 Å². The van der Waals surface area contributed by atoms with E-state index in [0.717, 1.165) is 25.7 Å². The van der Waals surface area contributed by atoms with Gasteiger partial charge in [-0.25, -0.2) is 0 Å². The molecule has 0 aromatic heterocycles. The second-order valence-electron chi connectivity index (χ2n) is 9.47. The topological polar surface area (TPSA) is 69.6 Å². The highest BCUT2D eigenvalue weighted by atomic mass is 16.3. The Balaban J connectivity index is 3.70. The number of carbonyl (C=O) groups is 1. The molecule has 0 fully saturated rings. The number of nitrogens with one attached hydrogen (secondary N) is 1. The molecule has 4 heteroatoms. The molecule has 0 spiro atoms. The van der Waals surface area contributed by atoms with E-state index in [2.05, 4.69) is 19.2 Å². The molecule has 0 aliphatic carbocycles. The fraction of sp³-hybridized carbons (Fsp3) is 0.893. The minimum absolute atomic E-state index is 0.0737. The van der Waals surface area contributed by atoms with Crippen molar-refractivity contribution in [2.45, 2.75) is 154 Å². The Labute approximate surface area is 199 Å². The third-order valence-corrected chi connectivity index (χ3v) is 6.27. The van der Waals surface area contributed by atoms with Crippen molar-refractivity contribution in [1.29, 1.82) is 0 Å². The minimum Gasteiger partial charge on any atom is -0.394 e. The normalized spacial score (nSPS) is 13.5. The quantitative estimate of drug-likeness (QED) is 0.107. The Morgan fingerprint density at radius 3 is 1.62 bits per heavy atom. The van der Waals surface area contributed by atoms with E-state index in [1.54, 1.807) is 6.08 Å². The number of rotatable bonds is 24. The molecule has 0 bridgehead atoms. The summed E-state index contributed by atoms with van der Waals surface area (Å²) < 4.78 is 0. The van der Waals surface area contributed by atoms with Crippen molar-refractivity contribution in [1.82, 2.24) is 5.32 Å². The standard InChI is InChI=1S/C28H55NO3/c1-3-5-7-9-11-12-13-14-15-16-18-19-21-23-27(31)26(25-30)29-28(32)24-22-20-17-10-8-6-4-2/h21,23,26-27,30-31H,3-20,22,24-25H2,1-2H3,(H,29,32)/b23-21+. The first-order valence-electron chi connectivity index (χ1n) is 13.9. The number of carbonyl (C=O) groups excluding carboxylic acids is 1. The molecule has 0 radical (unpaired) electrons. The monoisotopic (exact) mass is 453 g/mol. The molecule has 4 nitrogen and oxygen atoms in total. The average molecular weight is 454 g/mol. The van der Waals surface area contributed by atoms with Crippen LogP contribution in [0.25, 0.3) is 0 Å². The summed E-state index contributed by atoms with van der Waals surface area (Å²) in [6, 6.07) is -0.611. The highest BCUT2D eigenvalue weighted by molar-refractivity contribution is 5.76. The van der Waals surface area contributed by atoms with E-state index in [4.69, 9.17) is 0 Å². The van der Waals surface area contributed by atoms with Crippen LogP contribution in [0.15, 0.2) is 12.2 Å². The van der Waals surface area contributed by atoms with Gasteiger partial charge in [0.1, 0.15) is 0 Å². The van der Waals surface area contributed by atoms with E-state index < -0.39 is 12.1 Å². The summed E-state index contributed by atoms with van der Waals surface area (Å²) in [5.41, 5.74) is 0. The van der Waals surface area contributed by atoms with E-state index in [1.165, 1.54) is 96.3 Å². The van der Waals surface area contributed by atoms with Crippen LogP contribution in [0.4, 0.5) is 0 Å². The molecule has 0 rings (SSSR count). The molecule has 0 aliphatic rings. The lowest BCUT2D eigenvalue weighted by Gasteiger charge is -2.20. The van der Waals surface area contributed by atoms with Crippen LogP contribution in [0.5, 0.6) is 0 Å². The lowest BCUT2D eigenvalue weighted by atomic mass is 10.0. The van der Waals surface area contributed by atoms with Crippen molar-refractivity contribution < 1.29 is 15.0 Å². The van der Waals surface area contributed by atoms with Gasteiger partial charge in [0.2, 0.25) is 5.91 Å². The van der Waals surface area contributed by atoms with Crippen molar-refractivity contribution >= 4 is 5.91 Å². The summed E-state index contributed by atoms with van der Waals surface area (Å²) >= 11 is 0. The van der Waals surface area contributed by atoms with Gasteiger partial charge in [0.25, 0.3) is 0 Å². The van der Waals surface area contributed by atoms with E-state index in [9.17, 15) is 15.0 Å². The Bertz CT molecular complexity index is 425. The lowest BCUT2D eigenvalue weighted by molar-refractivity contribution is -0.123. The van der Waals surface area contributed by atoms with Gasteiger partial charge in [0, 0.05) is 6.42 Å². The van der Waals surface area contributed by atoms with Crippen LogP contribution in [0.1, 0.15) is 142 Å². The molecule has 190 valence electrons. The third kappa shape index (κ3) is 21.0. The first-order chi connectivity index (χ1) is 15.7. The van der Waals surface area contributed by atoms with Gasteiger partial charge in [0.15, 0.2) is 0 Å². The van der Waals surface area contributed by atoms with Gasteiger partial charge in [-0.2, -0.15) is 0 Å². The minimum atomic E-state index is -0.828. The maximum atomic E-state index is 12.1. The zero-order valence-corrected chi connectivity index (χ0v) is 21.5. The fourth-order valence-corrected chi connectivity index (χ4v) is 4.06.